The van der Waals surface area contributed by atoms with Crippen molar-refractivity contribution in [1.82, 2.24) is 4.98 Å². The molecule has 0 saturated carbocycles. The molecular formula is C28H20F3NO4. The van der Waals surface area contributed by atoms with Gasteiger partial charge in [-0.1, -0.05) is 48.5 Å². The number of aromatic nitrogens is 1. The zero-order valence-electron chi connectivity index (χ0n) is 19.1. The lowest BCUT2D eigenvalue weighted by atomic mass is 10.0. The lowest BCUT2D eigenvalue weighted by Gasteiger charge is -2.21. The fraction of sp³-hybridized carbons (Fsp3) is 0.143. The van der Waals surface area contributed by atoms with E-state index in [1.165, 1.54) is 12.1 Å². The topological polar surface area (TPSA) is 61.6 Å². The van der Waals surface area contributed by atoms with Gasteiger partial charge in [0, 0.05) is 5.56 Å². The molecule has 0 bridgehead atoms. The predicted molar refractivity (Wildman–Crippen MR) is 128 cm³/mol. The van der Waals surface area contributed by atoms with E-state index in [9.17, 15) is 18.0 Å². The van der Waals surface area contributed by atoms with Crippen LogP contribution < -0.4 is 4.74 Å². The van der Waals surface area contributed by atoms with E-state index in [0.29, 0.717) is 16.7 Å². The third-order valence-corrected chi connectivity index (χ3v) is 5.63. The molecule has 1 atom stereocenters. The first-order chi connectivity index (χ1) is 17.3. The lowest BCUT2D eigenvalue weighted by Crippen LogP contribution is -2.22. The summed E-state index contributed by atoms with van der Waals surface area (Å²) in [5.74, 6) is -0.340. The van der Waals surface area contributed by atoms with Crippen LogP contribution in [0.2, 0.25) is 0 Å². The maximum Gasteiger partial charge on any atom is 0.416 e. The van der Waals surface area contributed by atoms with Gasteiger partial charge in [0.25, 0.3) is 0 Å². The minimum atomic E-state index is -4.58. The van der Waals surface area contributed by atoms with Crippen molar-refractivity contribution in [2.75, 3.05) is 6.61 Å². The van der Waals surface area contributed by atoms with E-state index in [4.69, 9.17) is 13.9 Å². The van der Waals surface area contributed by atoms with Crippen molar-refractivity contribution in [3.63, 3.8) is 0 Å². The van der Waals surface area contributed by atoms with Crippen molar-refractivity contribution in [2.45, 2.75) is 19.2 Å². The van der Waals surface area contributed by atoms with Crippen LogP contribution in [-0.2, 0) is 15.7 Å². The number of hydrogen-bond acceptors (Lipinski definition) is 5. The molecule has 5 rings (SSSR count). The molecule has 0 saturated heterocycles. The number of esters is 1. The van der Waals surface area contributed by atoms with Gasteiger partial charge in [-0.3, -0.25) is 0 Å². The first-order valence-electron chi connectivity index (χ1n) is 11.2. The summed E-state index contributed by atoms with van der Waals surface area (Å²) in [7, 11) is 0. The summed E-state index contributed by atoms with van der Waals surface area (Å²) in [6.45, 7) is 1.65. The molecule has 1 heterocycles. The molecule has 0 radical (unpaired) electrons. The number of hydrogen-bond donors (Lipinski definition) is 0. The second kappa shape index (κ2) is 9.37. The summed E-state index contributed by atoms with van der Waals surface area (Å²) < 4.78 is 57.4. The summed E-state index contributed by atoms with van der Waals surface area (Å²) >= 11 is 0. The number of nitrogens with zero attached hydrogens (tertiary/aromatic N) is 1. The molecule has 0 spiro atoms. The van der Waals surface area contributed by atoms with Crippen molar-refractivity contribution >= 4 is 27.8 Å². The minimum Gasteiger partial charge on any atom is -0.473 e. The molecule has 0 amide bonds. The number of rotatable bonds is 6. The second-order valence-corrected chi connectivity index (χ2v) is 8.06. The van der Waals surface area contributed by atoms with Crippen LogP contribution in [0.1, 0.15) is 24.2 Å². The van der Waals surface area contributed by atoms with E-state index in [2.05, 4.69) is 4.98 Å². The highest BCUT2D eigenvalue weighted by Crippen LogP contribution is 2.39. The highest BCUT2D eigenvalue weighted by Gasteiger charge is 2.33. The van der Waals surface area contributed by atoms with Gasteiger partial charge in [-0.05, 0) is 54.1 Å². The molecule has 0 fully saturated rings. The van der Waals surface area contributed by atoms with Crippen LogP contribution in [0, 0.1) is 0 Å². The maximum absolute atomic E-state index is 13.4. The monoisotopic (exact) mass is 491 g/mol. The standard InChI is InChI=1S/C28H20F3NO4/c1-2-34-27(33)25(19-10-7-11-20(14-19)28(29,30)31)35-24-16-18-9-4-3-8-17(18)15-21(24)26-32-22-12-5-6-13-23(22)36-26/h3-16,25H,2H2,1H3. The average Bonchev–Trinajstić information content (AvgIpc) is 3.30. The molecule has 8 heteroatoms. The van der Waals surface area contributed by atoms with Crippen molar-refractivity contribution in [3.05, 3.63) is 96.1 Å². The average molecular weight is 491 g/mol. The van der Waals surface area contributed by atoms with Gasteiger partial charge in [-0.2, -0.15) is 13.2 Å². The third kappa shape index (κ3) is 4.62. The molecule has 5 nitrogen and oxygen atoms in total. The van der Waals surface area contributed by atoms with Crippen LogP contribution in [0.5, 0.6) is 5.75 Å². The molecule has 1 unspecified atom stereocenters. The largest absolute Gasteiger partial charge is 0.473 e. The van der Waals surface area contributed by atoms with Crippen molar-refractivity contribution < 1.29 is 31.9 Å². The Morgan fingerprint density at radius 1 is 0.944 bits per heavy atom. The van der Waals surface area contributed by atoms with E-state index in [1.807, 2.05) is 42.5 Å². The number of carbonyl (C=O) groups is 1. The highest BCUT2D eigenvalue weighted by molar-refractivity contribution is 5.90. The van der Waals surface area contributed by atoms with Crippen LogP contribution in [-0.4, -0.2) is 17.6 Å². The first kappa shape index (κ1) is 23.4. The molecular weight excluding hydrogens is 471 g/mol. The maximum atomic E-state index is 13.4. The van der Waals surface area contributed by atoms with Gasteiger partial charge < -0.3 is 13.9 Å². The Morgan fingerprint density at radius 2 is 1.67 bits per heavy atom. The Labute approximate surface area is 204 Å². The summed E-state index contributed by atoms with van der Waals surface area (Å²) in [5, 5.41) is 1.67. The molecule has 0 N–H and O–H groups in total. The molecule has 0 aliphatic rings. The number of alkyl halides is 3. The van der Waals surface area contributed by atoms with Crippen LogP contribution >= 0.6 is 0 Å². The van der Waals surface area contributed by atoms with Crippen molar-refractivity contribution in [2.24, 2.45) is 0 Å². The van der Waals surface area contributed by atoms with Gasteiger partial charge in [-0.15, -0.1) is 0 Å². The molecule has 36 heavy (non-hydrogen) atoms. The fourth-order valence-electron chi connectivity index (χ4n) is 3.95. The Bertz CT molecular complexity index is 1520. The van der Waals surface area contributed by atoms with Gasteiger partial charge in [-0.25, -0.2) is 9.78 Å². The lowest BCUT2D eigenvalue weighted by molar-refractivity contribution is -0.152. The summed E-state index contributed by atoms with van der Waals surface area (Å²) in [5.41, 5.74) is 0.763. The molecule has 0 aliphatic heterocycles. The summed E-state index contributed by atoms with van der Waals surface area (Å²) in [4.78, 5) is 17.4. The number of benzene rings is 4. The predicted octanol–water partition coefficient (Wildman–Crippen LogP) is 7.35. The first-order valence-corrected chi connectivity index (χ1v) is 11.2. The smallest absolute Gasteiger partial charge is 0.416 e. The van der Waals surface area contributed by atoms with Crippen molar-refractivity contribution in [3.8, 4) is 17.2 Å². The van der Waals surface area contributed by atoms with Crippen LogP contribution in [0.4, 0.5) is 13.2 Å². The molecule has 5 aromatic rings. The highest BCUT2D eigenvalue weighted by atomic mass is 19.4. The van der Waals surface area contributed by atoms with Gasteiger partial charge in [0.1, 0.15) is 11.3 Å². The van der Waals surface area contributed by atoms with E-state index in [-0.39, 0.29) is 23.8 Å². The second-order valence-electron chi connectivity index (χ2n) is 8.06. The Morgan fingerprint density at radius 3 is 2.39 bits per heavy atom. The fourth-order valence-corrected chi connectivity index (χ4v) is 3.95. The van der Waals surface area contributed by atoms with Crippen LogP contribution in [0.15, 0.2) is 89.3 Å². The Balaban J connectivity index is 1.65. The van der Waals surface area contributed by atoms with E-state index < -0.39 is 23.8 Å². The van der Waals surface area contributed by atoms with Gasteiger partial charge in [0.05, 0.1) is 17.7 Å². The number of halogens is 3. The van der Waals surface area contributed by atoms with Crippen molar-refractivity contribution in [1.29, 1.82) is 0 Å². The Hall–Kier alpha value is -4.33. The quantitative estimate of drug-likeness (QED) is 0.232. The number of fused-ring (bicyclic) bond motifs is 2. The SMILES string of the molecule is CCOC(=O)C(Oc1cc2ccccc2cc1-c1nc2ccccc2o1)c1cccc(C(F)(F)F)c1. The number of ether oxygens (including phenoxy) is 2. The number of oxazole rings is 1. The molecule has 1 aromatic heterocycles. The number of para-hydroxylation sites is 2. The van der Waals surface area contributed by atoms with E-state index >= 15 is 0 Å². The molecule has 0 aliphatic carbocycles. The van der Waals surface area contributed by atoms with Gasteiger partial charge in [0.2, 0.25) is 12.0 Å². The van der Waals surface area contributed by atoms with Gasteiger partial charge in [0.15, 0.2) is 5.58 Å². The molecule has 182 valence electrons. The zero-order chi connectivity index (χ0) is 25.3. The number of carbonyl (C=O) groups excluding carboxylic acids is 1. The molecule has 4 aromatic carbocycles. The van der Waals surface area contributed by atoms with E-state index in [0.717, 1.165) is 22.9 Å². The normalized spacial score (nSPS) is 12.6. The summed E-state index contributed by atoms with van der Waals surface area (Å²) in [6.07, 6.45) is -6.03. The summed E-state index contributed by atoms with van der Waals surface area (Å²) in [6, 6.07) is 22.7. The van der Waals surface area contributed by atoms with Crippen LogP contribution in [0.3, 0.4) is 0 Å². The zero-order valence-corrected chi connectivity index (χ0v) is 19.1. The van der Waals surface area contributed by atoms with Crippen LogP contribution in [0.25, 0.3) is 33.3 Å². The van der Waals surface area contributed by atoms with Gasteiger partial charge >= 0.3 is 12.1 Å². The minimum absolute atomic E-state index is 0.0138. The third-order valence-electron chi connectivity index (χ3n) is 5.63. The Kier molecular flexibility index (Phi) is 6.10. The van der Waals surface area contributed by atoms with E-state index in [1.54, 1.807) is 25.1 Å².